The fourth-order valence-corrected chi connectivity index (χ4v) is 2.29. The van der Waals surface area contributed by atoms with Gasteiger partial charge >= 0.3 is 0 Å². The summed E-state index contributed by atoms with van der Waals surface area (Å²) in [6.07, 6.45) is 0.697. The average molecular weight is 319 g/mol. The van der Waals surface area contributed by atoms with Crippen molar-refractivity contribution in [3.05, 3.63) is 39.2 Å². The first kappa shape index (κ1) is 12.5. The van der Waals surface area contributed by atoms with Gasteiger partial charge in [0.2, 0.25) is 0 Å². The minimum Gasteiger partial charge on any atom is -0.330 e. The SMILES string of the molecule is NCCc1[nH]nc(-c2ccc(F)c(Cl)c2)c1Br. The summed E-state index contributed by atoms with van der Waals surface area (Å²) >= 11 is 9.18. The highest BCUT2D eigenvalue weighted by atomic mass is 79.9. The molecule has 0 unspecified atom stereocenters. The number of benzene rings is 1. The van der Waals surface area contributed by atoms with Crippen LogP contribution in [0, 0.1) is 5.82 Å². The van der Waals surface area contributed by atoms with E-state index in [0.717, 1.165) is 15.7 Å². The van der Waals surface area contributed by atoms with Gasteiger partial charge < -0.3 is 5.73 Å². The Hall–Kier alpha value is -0.910. The molecule has 3 N–H and O–H groups in total. The second-order valence-electron chi connectivity index (χ2n) is 3.53. The number of hydrogen-bond acceptors (Lipinski definition) is 2. The van der Waals surface area contributed by atoms with E-state index in [1.165, 1.54) is 6.07 Å². The minimum absolute atomic E-state index is 0.0813. The molecule has 3 nitrogen and oxygen atoms in total. The highest BCUT2D eigenvalue weighted by Crippen LogP contribution is 2.31. The third-order valence-electron chi connectivity index (χ3n) is 2.36. The Balaban J connectivity index is 2.42. The van der Waals surface area contributed by atoms with Crippen LogP contribution in [-0.4, -0.2) is 16.7 Å². The van der Waals surface area contributed by atoms with Crippen LogP contribution < -0.4 is 5.73 Å². The lowest BCUT2D eigenvalue weighted by Crippen LogP contribution is -2.03. The summed E-state index contributed by atoms with van der Waals surface area (Å²) < 4.78 is 13.9. The molecule has 0 aliphatic carbocycles. The van der Waals surface area contributed by atoms with Gasteiger partial charge in [-0.1, -0.05) is 11.6 Å². The molecule has 2 aromatic rings. The summed E-state index contributed by atoms with van der Waals surface area (Å²) in [7, 11) is 0. The molecule has 1 heterocycles. The number of aromatic nitrogens is 2. The largest absolute Gasteiger partial charge is 0.330 e. The van der Waals surface area contributed by atoms with Crippen LogP contribution in [0.15, 0.2) is 22.7 Å². The summed E-state index contributed by atoms with van der Waals surface area (Å²) in [5, 5.41) is 7.14. The van der Waals surface area contributed by atoms with Crippen LogP contribution in [0.5, 0.6) is 0 Å². The van der Waals surface area contributed by atoms with E-state index < -0.39 is 5.82 Å². The van der Waals surface area contributed by atoms with Gasteiger partial charge in [0.25, 0.3) is 0 Å². The predicted molar refractivity (Wildman–Crippen MR) is 69.5 cm³/mol. The first-order valence-electron chi connectivity index (χ1n) is 5.01. The summed E-state index contributed by atoms with van der Waals surface area (Å²) in [6.45, 7) is 0.532. The molecule has 0 saturated heterocycles. The van der Waals surface area contributed by atoms with Gasteiger partial charge in [0.05, 0.1) is 15.2 Å². The molecule has 0 aliphatic rings. The van der Waals surface area contributed by atoms with Crippen LogP contribution in [0.4, 0.5) is 4.39 Å². The number of halogens is 3. The number of nitrogens with two attached hydrogens (primary N) is 1. The molecule has 0 atom stereocenters. The summed E-state index contributed by atoms with van der Waals surface area (Å²) in [5.74, 6) is -0.441. The standard InChI is InChI=1S/C11H10BrClFN3/c12-10-9(3-4-15)16-17-11(10)6-1-2-8(14)7(13)5-6/h1-2,5H,3-4,15H2,(H,16,17). The number of H-pyrrole nitrogens is 1. The Bertz CT molecular complexity index is 542. The second kappa shape index (κ2) is 5.16. The number of hydrogen-bond donors (Lipinski definition) is 2. The van der Waals surface area contributed by atoms with Crippen LogP contribution in [-0.2, 0) is 6.42 Å². The van der Waals surface area contributed by atoms with E-state index in [0.29, 0.717) is 18.7 Å². The van der Waals surface area contributed by atoms with Crippen molar-refractivity contribution < 1.29 is 4.39 Å². The molecule has 0 fully saturated rings. The normalized spacial score (nSPS) is 10.8. The Morgan fingerprint density at radius 2 is 2.24 bits per heavy atom. The minimum atomic E-state index is -0.441. The Labute approximate surface area is 111 Å². The molecule has 0 amide bonds. The lowest BCUT2D eigenvalue weighted by atomic mass is 10.1. The first-order valence-corrected chi connectivity index (χ1v) is 6.18. The lowest BCUT2D eigenvalue weighted by Gasteiger charge is -2.00. The Morgan fingerprint density at radius 1 is 1.47 bits per heavy atom. The van der Waals surface area contributed by atoms with Gasteiger partial charge in [-0.15, -0.1) is 0 Å². The van der Waals surface area contributed by atoms with Crippen molar-refractivity contribution in [2.24, 2.45) is 5.73 Å². The van der Waals surface area contributed by atoms with Crippen molar-refractivity contribution in [1.82, 2.24) is 10.2 Å². The third kappa shape index (κ3) is 2.51. The second-order valence-corrected chi connectivity index (χ2v) is 4.73. The predicted octanol–water partition coefficient (Wildman–Crippen LogP) is 3.13. The van der Waals surface area contributed by atoms with Crippen molar-refractivity contribution in [3.8, 4) is 11.3 Å². The highest BCUT2D eigenvalue weighted by molar-refractivity contribution is 9.10. The molecular formula is C11H10BrClFN3. The Kier molecular flexibility index (Phi) is 3.81. The molecule has 0 bridgehead atoms. The van der Waals surface area contributed by atoms with Crippen LogP contribution in [0.3, 0.4) is 0 Å². The van der Waals surface area contributed by atoms with Crippen LogP contribution >= 0.6 is 27.5 Å². The molecule has 90 valence electrons. The van der Waals surface area contributed by atoms with Gasteiger partial charge in [-0.25, -0.2) is 4.39 Å². The highest BCUT2D eigenvalue weighted by Gasteiger charge is 2.13. The van der Waals surface area contributed by atoms with E-state index in [-0.39, 0.29) is 5.02 Å². The number of nitrogens with one attached hydrogen (secondary N) is 1. The Morgan fingerprint density at radius 3 is 2.88 bits per heavy atom. The van der Waals surface area contributed by atoms with Gasteiger partial charge in [-0.3, -0.25) is 5.10 Å². The zero-order valence-corrected chi connectivity index (χ0v) is 11.1. The van der Waals surface area contributed by atoms with E-state index in [1.807, 2.05) is 0 Å². The molecule has 0 aliphatic heterocycles. The van der Waals surface area contributed by atoms with Crippen LogP contribution in [0.25, 0.3) is 11.3 Å². The fraction of sp³-hybridized carbons (Fsp3) is 0.182. The first-order chi connectivity index (χ1) is 8.13. The summed E-state index contributed by atoms with van der Waals surface area (Å²) in [5.41, 5.74) is 7.86. The van der Waals surface area contributed by atoms with Gasteiger partial charge in [0.1, 0.15) is 11.5 Å². The third-order valence-corrected chi connectivity index (χ3v) is 3.51. The van der Waals surface area contributed by atoms with E-state index in [4.69, 9.17) is 17.3 Å². The van der Waals surface area contributed by atoms with E-state index in [2.05, 4.69) is 26.1 Å². The summed E-state index contributed by atoms with van der Waals surface area (Å²) in [6, 6.07) is 4.50. The van der Waals surface area contributed by atoms with Gasteiger partial charge in [-0.05, 0) is 40.7 Å². The monoisotopic (exact) mass is 317 g/mol. The topological polar surface area (TPSA) is 54.7 Å². The molecule has 17 heavy (non-hydrogen) atoms. The van der Waals surface area contributed by atoms with E-state index >= 15 is 0 Å². The van der Waals surface area contributed by atoms with E-state index in [9.17, 15) is 4.39 Å². The van der Waals surface area contributed by atoms with Crippen LogP contribution in [0.1, 0.15) is 5.69 Å². The maximum Gasteiger partial charge on any atom is 0.141 e. The molecule has 2 rings (SSSR count). The van der Waals surface area contributed by atoms with Crippen molar-refractivity contribution >= 4 is 27.5 Å². The molecular weight excluding hydrogens is 308 g/mol. The molecule has 6 heteroatoms. The van der Waals surface area contributed by atoms with Crippen molar-refractivity contribution in [3.63, 3.8) is 0 Å². The van der Waals surface area contributed by atoms with E-state index in [1.54, 1.807) is 12.1 Å². The fourth-order valence-electron chi connectivity index (χ4n) is 1.51. The lowest BCUT2D eigenvalue weighted by molar-refractivity contribution is 0.628. The molecule has 0 spiro atoms. The van der Waals surface area contributed by atoms with Gasteiger partial charge in [-0.2, -0.15) is 5.10 Å². The molecule has 0 radical (unpaired) electrons. The maximum absolute atomic E-state index is 13.1. The number of aromatic amines is 1. The zero-order valence-electron chi connectivity index (χ0n) is 8.80. The van der Waals surface area contributed by atoms with Crippen molar-refractivity contribution in [1.29, 1.82) is 0 Å². The molecule has 1 aromatic heterocycles. The quantitative estimate of drug-likeness (QED) is 0.913. The zero-order chi connectivity index (χ0) is 12.4. The van der Waals surface area contributed by atoms with Crippen molar-refractivity contribution in [2.75, 3.05) is 6.54 Å². The smallest absolute Gasteiger partial charge is 0.141 e. The number of rotatable bonds is 3. The maximum atomic E-state index is 13.1. The number of nitrogens with zero attached hydrogens (tertiary/aromatic N) is 1. The van der Waals surface area contributed by atoms with Crippen molar-refractivity contribution in [2.45, 2.75) is 6.42 Å². The van der Waals surface area contributed by atoms with Gasteiger partial charge in [0, 0.05) is 12.0 Å². The van der Waals surface area contributed by atoms with Gasteiger partial charge in [0.15, 0.2) is 0 Å². The molecule has 0 saturated carbocycles. The van der Waals surface area contributed by atoms with Crippen LogP contribution in [0.2, 0.25) is 5.02 Å². The average Bonchev–Trinajstić information content (AvgIpc) is 2.66. The molecule has 1 aromatic carbocycles. The summed E-state index contributed by atoms with van der Waals surface area (Å²) in [4.78, 5) is 0.